The lowest BCUT2D eigenvalue weighted by molar-refractivity contribution is 0.403. The van der Waals surface area contributed by atoms with Gasteiger partial charge in [-0.2, -0.15) is 0 Å². The maximum absolute atomic E-state index is 4.66. The van der Waals surface area contributed by atoms with E-state index in [1.54, 1.807) is 0 Å². The number of aliphatic imine (C=N–C) groups is 1. The van der Waals surface area contributed by atoms with Gasteiger partial charge < -0.3 is 10.2 Å². The zero-order valence-corrected chi connectivity index (χ0v) is 12.0. The molecule has 0 radical (unpaired) electrons. The monoisotopic (exact) mass is 239 g/mol. The molecule has 1 N–H and O–H groups in total. The third kappa shape index (κ3) is 4.97. The van der Waals surface area contributed by atoms with Crippen LogP contribution in [0.1, 0.15) is 47.0 Å². The summed E-state index contributed by atoms with van der Waals surface area (Å²) in [6, 6.07) is 0. The predicted octanol–water partition coefficient (Wildman–Crippen LogP) is 2.73. The second kappa shape index (κ2) is 7.57. The molecule has 1 aliphatic rings. The summed E-state index contributed by atoms with van der Waals surface area (Å²) in [7, 11) is 0. The lowest BCUT2D eigenvalue weighted by atomic mass is 9.97. The van der Waals surface area contributed by atoms with Gasteiger partial charge in [-0.1, -0.05) is 20.8 Å². The van der Waals surface area contributed by atoms with E-state index >= 15 is 0 Å². The van der Waals surface area contributed by atoms with Gasteiger partial charge in [-0.25, -0.2) is 0 Å². The summed E-state index contributed by atoms with van der Waals surface area (Å²) in [5.41, 5.74) is 0. The van der Waals surface area contributed by atoms with Crippen LogP contribution in [0.4, 0.5) is 0 Å². The first-order valence-electron chi connectivity index (χ1n) is 7.20. The van der Waals surface area contributed by atoms with Gasteiger partial charge in [-0.05, 0) is 38.0 Å². The van der Waals surface area contributed by atoms with Crippen molar-refractivity contribution in [3.8, 4) is 0 Å². The molecule has 1 rings (SSSR count). The first kappa shape index (κ1) is 14.3. The minimum atomic E-state index is 0.815. The fourth-order valence-corrected chi connectivity index (χ4v) is 2.53. The van der Waals surface area contributed by atoms with E-state index in [-0.39, 0.29) is 0 Å². The highest BCUT2D eigenvalue weighted by Crippen LogP contribution is 2.23. The molecule has 0 saturated carbocycles. The average Bonchev–Trinajstić information content (AvgIpc) is 2.71. The lowest BCUT2D eigenvalue weighted by Gasteiger charge is -2.22. The van der Waals surface area contributed by atoms with E-state index in [9.17, 15) is 0 Å². The lowest BCUT2D eigenvalue weighted by Crippen LogP contribution is -2.40. The maximum atomic E-state index is 4.66. The van der Waals surface area contributed by atoms with Gasteiger partial charge in [-0.3, -0.25) is 4.99 Å². The van der Waals surface area contributed by atoms with Gasteiger partial charge >= 0.3 is 0 Å². The van der Waals surface area contributed by atoms with Crippen molar-refractivity contribution in [2.75, 3.05) is 26.2 Å². The largest absolute Gasteiger partial charge is 0.357 e. The van der Waals surface area contributed by atoms with Crippen LogP contribution in [0.3, 0.4) is 0 Å². The van der Waals surface area contributed by atoms with Gasteiger partial charge in [-0.15, -0.1) is 0 Å². The van der Waals surface area contributed by atoms with Crippen LogP contribution in [-0.2, 0) is 0 Å². The topological polar surface area (TPSA) is 27.6 Å². The van der Waals surface area contributed by atoms with Crippen LogP contribution in [0.15, 0.2) is 4.99 Å². The first-order chi connectivity index (χ1) is 8.17. The molecule has 17 heavy (non-hydrogen) atoms. The van der Waals surface area contributed by atoms with Crippen molar-refractivity contribution in [1.82, 2.24) is 10.2 Å². The second-order valence-corrected chi connectivity index (χ2v) is 5.47. The predicted molar refractivity (Wildman–Crippen MR) is 75.4 cm³/mol. The summed E-state index contributed by atoms with van der Waals surface area (Å²) in [5, 5.41) is 3.41. The fraction of sp³-hybridized carbons (Fsp3) is 0.929. The molecular weight excluding hydrogens is 210 g/mol. The Kier molecular flexibility index (Phi) is 6.38. The molecule has 1 heterocycles. The molecule has 1 atom stereocenters. The van der Waals surface area contributed by atoms with E-state index in [2.05, 4.69) is 42.9 Å². The average molecular weight is 239 g/mol. The van der Waals surface area contributed by atoms with Gasteiger partial charge in [0.2, 0.25) is 0 Å². The first-order valence-corrected chi connectivity index (χ1v) is 7.20. The molecule has 1 aliphatic heterocycles. The molecule has 100 valence electrons. The summed E-state index contributed by atoms with van der Waals surface area (Å²) in [6.07, 6.45) is 3.80. The molecule has 3 heteroatoms. The molecule has 1 unspecified atom stereocenters. The third-order valence-corrected chi connectivity index (χ3v) is 3.21. The minimum Gasteiger partial charge on any atom is -0.357 e. The molecule has 0 aromatic carbocycles. The van der Waals surface area contributed by atoms with Crippen molar-refractivity contribution in [2.45, 2.75) is 47.0 Å². The quantitative estimate of drug-likeness (QED) is 0.590. The Morgan fingerprint density at radius 1 is 1.41 bits per heavy atom. The molecule has 0 spiro atoms. The highest BCUT2D eigenvalue weighted by atomic mass is 15.3. The number of rotatable bonds is 5. The minimum absolute atomic E-state index is 0.815. The Morgan fingerprint density at radius 3 is 2.76 bits per heavy atom. The smallest absolute Gasteiger partial charge is 0.193 e. The molecule has 1 saturated heterocycles. The molecule has 0 aromatic heterocycles. The zero-order valence-electron chi connectivity index (χ0n) is 12.0. The summed E-state index contributed by atoms with van der Waals surface area (Å²) >= 11 is 0. The van der Waals surface area contributed by atoms with Crippen molar-refractivity contribution in [2.24, 2.45) is 16.8 Å². The van der Waals surface area contributed by atoms with Crippen LogP contribution in [-0.4, -0.2) is 37.0 Å². The van der Waals surface area contributed by atoms with E-state index in [0.717, 1.165) is 37.3 Å². The number of guanidine groups is 1. The van der Waals surface area contributed by atoms with Crippen molar-refractivity contribution in [3.05, 3.63) is 0 Å². The summed E-state index contributed by atoms with van der Waals surface area (Å²) in [4.78, 5) is 7.10. The Balaban J connectivity index is 2.47. The number of nitrogens with zero attached hydrogens (tertiary/aromatic N) is 2. The Bertz CT molecular complexity index is 236. The SMILES string of the molecule is CCCN=C(NCC)N1CCC(CC(C)C)C1. The zero-order chi connectivity index (χ0) is 12.7. The van der Waals surface area contributed by atoms with E-state index in [1.165, 1.54) is 25.9 Å². The highest BCUT2D eigenvalue weighted by molar-refractivity contribution is 5.80. The fourth-order valence-electron chi connectivity index (χ4n) is 2.53. The summed E-state index contributed by atoms with van der Waals surface area (Å²) in [6.45, 7) is 13.2. The standard InChI is InChI=1S/C14H29N3/c1-5-8-16-14(15-6-2)17-9-7-13(11-17)10-12(3)4/h12-13H,5-11H2,1-4H3,(H,15,16). The van der Waals surface area contributed by atoms with Crippen LogP contribution >= 0.6 is 0 Å². The van der Waals surface area contributed by atoms with Crippen molar-refractivity contribution >= 4 is 5.96 Å². The van der Waals surface area contributed by atoms with Gasteiger partial charge in [0.05, 0.1) is 0 Å². The van der Waals surface area contributed by atoms with Gasteiger partial charge in [0.15, 0.2) is 5.96 Å². The number of nitrogens with one attached hydrogen (secondary N) is 1. The van der Waals surface area contributed by atoms with Crippen molar-refractivity contribution < 1.29 is 0 Å². The molecule has 3 nitrogen and oxygen atoms in total. The van der Waals surface area contributed by atoms with E-state index in [0.29, 0.717) is 0 Å². The van der Waals surface area contributed by atoms with Crippen molar-refractivity contribution in [3.63, 3.8) is 0 Å². The van der Waals surface area contributed by atoms with E-state index < -0.39 is 0 Å². The molecule has 0 aliphatic carbocycles. The Morgan fingerprint density at radius 2 is 2.18 bits per heavy atom. The molecule has 1 fully saturated rings. The van der Waals surface area contributed by atoms with E-state index in [4.69, 9.17) is 0 Å². The highest BCUT2D eigenvalue weighted by Gasteiger charge is 2.25. The van der Waals surface area contributed by atoms with Gasteiger partial charge in [0.1, 0.15) is 0 Å². The molecular formula is C14H29N3. The van der Waals surface area contributed by atoms with Crippen molar-refractivity contribution in [1.29, 1.82) is 0 Å². The summed E-state index contributed by atoms with van der Waals surface area (Å²) < 4.78 is 0. The normalized spacial score (nSPS) is 21.4. The molecule has 0 aromatic rings. The number of hydrogen-bond donors (Lipinski definition) is 1. The molecule has 0 amide bonds. The van der Waals surface area contributed by atoms with Crippen LogP contribution in [0.2, 0.25) is 0 Å². The molecule has 0 bridgehead atoms. The van der Waals surface area contributed by atoms with Gasteiger partial charge in [0.25, 0.3) is 0 Å². The van der Waals surface area contributed by atoms with Crippen LogP contribution < -0.4 is 5.32 Å². The number of hydrogen-bond acceptors (Lipinski definition) is 1. The van der Waals surface area contributed by atoms with Crippen LogP contribution in [0.25, 0.3) is 0 Å². The maximum Gasteiger partial charge on any atom is 0.193 e. The Hall–Kier alpha value is -0.730. The van der Waals surface area contributed by atoms with E-state index in [1.807, 2.05) is 0 Å². The van der Waals surface area contributed by atoms with Gasteiger partial charge in [0, 0.05) is 26.2 Å². The summed E-state index contributed by atoms with van der Waals surface area (Å²) in [5.74, 6) is 2.80. The second-order valence-electron chi connectivity index (χ2n) is 5.47. The number of likely N-dealkylation sites (tertiary alicyclic amines) is 1. The van der Waals surface area contributed by atoms with Crippen LogP contribution in [0.5, 0.6) is 0 Å². The third-order valence-electron chi connectivity index (χ3n) is 3.21. The van der Waals surface area contributed by atoms with Crippen LogP contribution in [0, 0.1) is 11.8 Å². The Labute approximate surface area is 107 Å².